The Balaban J connectivity index is 2.47. The maximum absolute atomic E-state index is 13.9. The van der Waals surface area contributed by atoms with E-state index in [4.69, 9.17) is 9.47 Å². The van der Waals surface area contributed by atoms with Crippen molar-refractivity contribution in [2.45, 2.75) is 139 Å². The molecule has 1 aromatic rings. The summed E-state index contributed by atoms with van der Waals surface area (Å²) >= 11 is 4.09. The van der Waals surface area contributed by atoms with Crippen LogP contribution in [0.3, 0.4) is 0 Å². The van der Waals surface area contributed by atoms with Gasteiger partial charge in [0.2, 0.25) is 0 Å². The van der Waals surface area contributed by atoms with Crippen molar-refractivity contribution in [1.29, 1.82) is 0 Å². The van der Waals surface area contributed by atoms with E-state index in [1.54, 1.807) is 12.1 Å². The Labute approximate surface area is 293 Å². The fraction of sp³-hybridized carbons (Fsp3) is 0.800. The van der Waals surface area contributed by atoms with Crippen LogP contribution in [0.4, 0.5) is 57.1 Å². The number of halogens is 15. The maximum Gasteiger partial charge on any atom is 0.460 e. The molecule has 0 radical (unpaired) electrons. The van der Waals surface area contributed by atoms with Crippen molar-refractivity contribution in [1.82, 2.24) is 0 Å². The van der Waals surface area contributed by atoms with Crippen LogP contribution in [0.1, 0.15) is 103 Å². The summed E-state index contributed by atoms with van der Waals surface area (Å²) in [6.45, 7) is 2.78. The van der Waals surface area contributed by atoms with E-state index in [1.165, 1.54) is 44.9 Å². The van der Waals surface area contributed by atoms with Gasteiger partial charge >= 0.3 is 35.8 Å². The summed E-state index contributed by atoms with van der Waals surface area (Å²) in [5, 5.41) is 0. The van der Waals surface area contributed by atoms with Crippen LogP contribution >= 0.6 is 45.2 Å². The summed E-state index contributed by atoms with van der Waals surface area (Å²) < 4.78 is 185. The molecule has 0 fully saturated rings. The SMILES string of the molecule is CCCCCCCCCCCCOc1cc(I)c(OCCCCCCC(F)(F)C(F)(F)C(F)(F)C(F)(F)C(F)(F)C(F)(F)F)cc1I. The van der Waals surface area contributed by atoms with Crippen LogP contribution in [0.5, 0.6) is 11.5 Å². The normalized spacial score (nSPS) is 13.7. The van der Waals surface area contributed by atoms with Gasteiger partial charge in [0.15, 0.2) is 0 Å². The first kappa shape index (κ1) is 44.4. The molecule has 1 rings (SSSR count). The Hall–Kier alpha value is -0.630. The standard InChI is InChI=1S/C30H39F13I2O2/c1-2-3-4-5-6-7-8-9-11-14-17-46-23-19-22(45)24(20-21(23)44)47-18-15-12-10-13-16-25(31,32)26(33,34)27(35,36)28(37,38)29(39,40)30(41,42)43/h19-20H,2-18H2,1H3. The molecule has 2 nitrogen and oxygen atoms in total. The maximum atomic E-state index is 13.9. The molecular formula is C30H39F13I2O2. The van der Waals surface area contributed by atoms with Crippen LogP contribution in [0.15, 0.2) is 12.1 Å². The minimum Gasteiger partial charge on any atom is -0.492 e. The van der Waals surface area contributed by atoms with Crippen LogP contribution in [-0.4, -0.2) is 49.0 Å². The highest BCUT2D eigenvalue weighted by Crippen LogP contribution is 2.60. The molecule has 1 aromatic carbocycles. The van der Waals surface area contributed by atoms with Gasteiger partial charge in [0.1, 0.15) is 11.5 Å². The van der Waals surface area contributed by atoms with Crippen molar-refractivity contribution in [3.05, 3.63) is 19.3 Å². The lowest BCUT2D eigenvalue weighted by Crippen LogP contribution is -2.70. The van der Waals surface area contributed by atoms with Gasteiger partial charge in [0.05, 0.1) is 20.4 Å². The molecule has 0 amide bonds. The summed E-state index contributed by atoms with van der Waals surface area (Å²) in [6, 6.07) is 3.50. The summed E-state index contributed by atoms with van der Waals surface area (Å²) in [5.41, 5.74) is 0. The number of alkyl halides is 13. The molecule has 0 unspecified atom stereocenters. The van der Waals surface area contributed by atoms with Gasteiger partial charge in [-0.3, -0.25) is 0 Å². The fourth-order valence-electron chi connectivity index (χ4n) is 4.45. The van der Waals surface area contributed by atoms with E-state index in [1.807, 2.05) is 22.6 Å². The number of ether oxygens (including phenoxy) is 2. The highest BCUT2D eigenvalue weighted by molar-refractivity contribution is 14.1. The van der Waals surface area contributed by atoms with Crippen molar-refractivity contribution in [3.63, 3.8) is 0 Å². The molecule has 0 bridgehead atoms. The van der Waals surface area contributed by atoms with E-state index in [9.17, 15) is 57.1 Å². The number of hydrogen-bond acceptors (Lipinski definition) is 2. The van der Waals surface area contributed by atoms with Crippen LogP contribution in [0.2, 0.25) is 0 Å². The van der Waals surface area contributed by atoms with Gasteiger partial charge < -0.3 is 9.47 Å². The molecular weight excluding hydrogens is 893 g/mol. The molecule has 0 atom stereocenters. The van der Waals surface area contributed by atoms with E-state index in [0.717, 1.165) is 22.8 Å². The predicted octanol–water partition coefficient (Wildman–Crippen LogP) is 13.3. The average Bonchev–Trinajstić information content (AvgIpc) is 2.96. The summed E-state index contributed by atoms with van der Waals surface area (Å²) in [5.74, 6) is -35.4. The van der Waals surface area contributed by atoms with Crippen molar-refractivity contribution >= 4 is 45.2 Å². The fourth-order valence-corrected chi connectivity index (χ4v) is 5.64. The monoisotopic (exact) mass is 932 g/mol. The van der Waals surface area contributed by atoms with E-state index in [2.05, 4.69) is 29.5 Å². The first-order valence-corrected chi connectivity index (χ1v) is 17.4. The molecule has 0 aliphatic carbocycles. The van der Waals surface area contributed by atoms with Crippen molar-refractivity contribution in [2.75, 3.05) is 13.2 Å². The van der Waals surface area contributed by atoms with Gasteiger partial charge in [-0.25, -0.2) is 0 Å². The van der Waals surface area contributed by atoms with Crippen LogP contribution in [0.25, 0.3) is 0 Å². The van der Waals surface area contributed by atoms with Gasteiger partial charge in [-0.15, -0.1) is 0 Å². The van der Waals surface area contributed by atoms with Crippen LogP contribution in [-0.2, 0) is 0 Å². The molecule has 0 heterocycles. The van der Waals surface area contributed by atoms with Crippen molar-refractivity contribution in [2.24, 2.45) is 0 Å². The molecule has 0 saturated carbocycles. The second-order valence-corrected chi connectivity index (χ2v) is 13.6. The third kappa shape index (κ3) is 12.0. The molecule has 276 valence electrons. The van der Waals surface area contributed by atoms with E-state index in [0.29, 0.717) is 21.7 Å². The quantitative estimate of drug-likeness (QED) is 0.0584. The van der Waals surface area contributed by atoms with Crippen LogP contribution < -0.4 is 9.47 Å². The first-order chi connectivity index (χ1) is 21.6. The van der Waals surface area contributed by atoms with Gasteiger partial charge in [0, 0.05) is 6.42 Å². The minimum atomic E-state index is -7.87. The zero-order valence-electron chi connectivity index (χ0n) is 25.7. The van der Waals surface area contributed by atoms with Gasteiger partial charge in [0.25, 0.3) is 0 Å². The average molecular weight is 932 g/mol. The molecule has 0 spiro atoms. The zero-order valence-corrected chi connectivity index (χ0v) is 30.0. The summed E-state index contributed by atoms with van der Waals surface area (Å²) in [6.07, 6.45) is 1.32. The number of rotatable bonds is 24. The molecule has 0 aromatic heterocycles. The minimum absolute atomic E-state index is 0.0358. The topological polar surface area (TPSA) is 18.5 Å². The number of unbranched alkanes of at least 4 members (excludes halogenated alkanes) is 12. The highest BCUT2D eigenvalue weighted by Gasteiger charge is 2.90. The number of hydrogen-bond donors (Lipinski definition) is 0. The number of benzene rings is 1. The van der Waals surface area contributed by atoms with Crippen molar-refractivity contribution in [3.8, 4) is 11.5 Å². The Kier molecular flexibility index (Phi) is 18.0. The second kappa shape index (κ2) is 19.1. The van der Waals surface area contributed by atoms with Gasteiger partial charge in [-0.05, 0) is 76.6 Å². The molecule has 47 heavy (non-hydrogen) atoms. The zero-order chi connectivity index (χ0) is 36.2. The molecule has 0 saturated heterocycles. The lowest BCUT2D eigenvalue weighted by Gasteiger charge is -2.39. The molecule has 0 aliphatic rings. The Morgan fingerprint density at radius 1 is 0.468 bits per heavy atom. The predicted molar refractivity (Wildman–Crippen MR) is 169 cm³/mol. The Morgan fingerprint density at radius 3 is 1.19 bits per heavy atom. The molecule has 0 N–H and O–H groups in total. The van der Waals surface area contributed by atoms with Gasteiger partial charge in [-0.1, -0.05) is 77.6 Å². The van der Waals surface area contributed by atoms with E-state index in [-0.39, 0.29) is 25.9 Å². The summed E-state index contributed by atoms with van der Waals surface area (Å²) in [4.78, 5) is 0. The smallest absolute Gasteiger partial charge is 0.460 e. The van der Waals surface area contributed by atoms with Gasteiger partial charge in [-0.2, -0.15) is 57.1 Å². The largest absolute Gasteiger partial charge is 0.492 e. The lowest BCUT2D eigenvalue weighted by molar-refractivity contribution is -0.440. The second-order valence-electron chi connectivity index (χ2n) is 11.3. The van der Waals surface area contributed by atoms with E-state index < -0.39 is 48.6 Å². The van der Waals surface area contributed by atoms with Crippen molar-refractivity contribution < 1.29 is 66.5 Å². The van der Waals surface area contributed by atoms with Crippen LogP contribution in [0, 0.1) is 7.14 Å². The van der Waals surface area contributed by atoms with E-state index >= 15 is 0 Å². The third-order valence-electron chi connectivity index (χ3n) is 7.38. The summed E-state index contributed by atoms with van der Waals surface area (Å²) in [7, 11) is 0. The Bertz CT molecular complexity index is 1070. The molecule has 17 heteroatoms. The third-order valence-corrected chi connectivity index (χ3v) is 9.07. The Morgan fingerprint density at radius 2 is 0.809 bits per heavy atom. The molecule has 0 aliphatic heterocycles. The highest BCUT2D eigenvalue weighted by atomic mass is 127. The lowest BCUT2D eigenvalue weighted by atomic mass is 9.91. The first-order valence-electron chi connectivity index (χ1n) is 15.3.